The van der Waals surface area contributed by atoms with E-state index in [4.69, 9.17) is 5.73 Å². The van der Waals surface area contributed by atoms with Crippen LogP contribution in [0.3, 0.4) is 0 Å². The van der Waals surface area contributed by atoms with E-state index in [2.05, 4.69) is 0 Å². The summed E-state index contributed by atoms with van der Waals surface area (Å²) in [5.74, 6) is -0.772. The Kier molecular flexibility index (Phi) is 3.48. The zero-order valence-electron chi connectivity index (χ0n) is 7.50. The minimum atomic E-state index is -0.531. The number of halogens is 1. The first kappa shape index (κ1) is 10.5. The Balaban J connectivity index is 3.07. The molecule has 0 spiro atoms. The molecule has 0 aliphatic carbocycles. The van der Waals surface area contributed by atoms with Gasteiger partial charge in [-0.3, -0.25) is 9.59 Å². The summed E-state index contributed by atoms with van der Waals surface area (Å²) in [6.07, 6.45) is 0.624. The van der Waals surface area contributed by atoms with Crippen LogP contribution in [0, 0.1) is 5.82 Å². The molecule has 0 amide bonds. The molecule has 74 valence electrons. The van der Waals surface area contributed by atoms with Crippen LogP contribution in [-0.2, 0) is 0 Å². The van der Waals surface area contributed by atoms with Gasteiger partial charge in [0.1, 0.15) is 5.82 Å². The lowest BCUT2D eigenvalue weighted by molar-refractivity contribution is 0.0979. The molecule has 0 radical (unpaired) electrons. The van der Waals surface area contributed by atoms with Crippen LogP contribution >= 0.6 is 0 Å². The Hall–Kier alpha value is -1.55. The van der Waals surface area contributed by atoms with Gasteiger partial charge in [-0.2, -0.15) is 0 Å². The molecule has 0 aliphatic rings. The molecule has 3 nitrogen and oxygen atoms in total. The second-order valence-electron chi connectivity index (χ2n) is 2.81. The predicted octanol–water partition coefficient (Wildman–Crippen LogP) is 1.17. The molecule has 1 aromatic rings. The third kappa shape index (κ3) is 2.23. The van der Waals surface area contributed by atoms with Gasteiger partial charge in [0, 0.05) is 17.5 Å². The molecular weight excluding hydrogens is 185 g/mol. The van der Waals surface area contributed by atoms with Crippen molar-refractivity contribution in [3.63, 3.8) is 0 Å². The maximum atomic E-state index is 12.7. The lowest BCUT2D eigenvalue weighted by Gasteiger charge is -2.02. The van der Waals surface area contributed by atoms with E-state index < -0.39 is 5.82 Å². The maximum absolute atomic E-state index is 12.7. The summed E-state index contributed by atoms with van der Waals surface area (Å²) in [6.45, 7) is 0.217. The molecule has 0 saturated heterocycles. The Morgan fingerprint density at radius 3 is 2.79 bits per heavy atom. The van der Waals surface area contributed by atoms with Gasteiger partial charge in [0.15, 0.2) is 12.1 Å². The summed E-state index contributed by atoms with van der Waals surface area (Å²) in [4.78, 5) is 21.9. The first-order valence-corrected chi connectivity index (χ1v) is 4.17. The normalized spacial score (nSPS) is 9.86. The number of rotatable bonds is 4. The fraction of sp³-hybridized carbons (Fsp3) is 0.200. The molecule has 14 heavy (non-hydrogen) atoms. The van der Waals surface area contributed by atoms with E-state index in [0.717, 1.165) is 12.1 Å². The topological polar surface area (TPSA) is 60.2 Å². The number of aldehydes is 1. The Bertz CT molecular complexity index is 363. The highest BCUT2D eigenvalue weighted by Gasteiger charge is 2.10. The van der Waals surface area contributed by atoms with Crippen molar-refractivity contribution in [1.29, 1.82) is 0 Å². The minimum absolute atomic E-state index is 0.0726. The number of hydrogen-bond donors (Lipinski definition) is 1. The molecule has 0 bridgehead atoms. The van der Waals surface area contributed by atoms with Gasteiger partial charge in [-0.05, 0) is 24.7 Å². The molecule has 2 N–H and O–H groups in total. The van der Waals surface area contributed by atoms with Crippen molar-refractivity contribution in [2.75, 3.05) is 6.54 Å². The standard InChI is InChI=1S/C10H10FNO2/c11-8-1-2-9(7(5-8)6-13)10(14)3-4-12/h1-2,5-6H,3-4,12H2. The quantitative estimate of drug-likeness (QED) is 0.579. The number of carbonyl (C=O) groups excluding carboxylic acids is 2. The van der Waals surface area contributed by atoms with Crippen LogP contribution in [0.1, 0.15) is 27.1 Å². The van der Waals surface area contributed by atoms with Gasteiger partial charge in [0.2, 0.25) is 0 Å². The van der Waals surface area contributed by atoms with Gasteiger partial charge in [-0.1, -0.05) is 0 Å². The zero-order valence-corrected chi connectivity index (χ0v) is 7.50. The maximum Gasteiger partial charge on any atom is 0.164 e. The van der Waals surface area contributed by atoms with E-state index in [1.54, 1.807) is 0 Å². The van der Waals surface area contributed by atoms with E-state index in [0.29, 0.717) is 6.29 Å². The summed E-state index contributed by atoms with van der Waals surface area (Å²) < 4.78 is 12.7. The highest BCUT2D eigenvalue weighted by atomic mass is 19.1. The molecule has 0 atom stereocenters. The monoisotopic (exact) mass is 195 g/mol. The number of hydrogen-bond acceptors (Lipinski definition) is 3. The number of Topliss-reactive ketones (excluding diaryl/α,β-unsaturated/α-hetero) is 1. The largest absolute Gasteiger partial charge is 0.330 e. The van der Waals surface area contributed by atoms with E-state index in [9.17, 15) is 14.0 Å². The van der Waals surface area contributed by atoms with Gasteiger partial charge in [-0.25, -0.2) is 4.39 Å². The third-order valence-corrected chi connectivity index (χ3v) is 1.81. The first-order valence-electron chi connectivity index (χ1n) is 4.17. The van der Waals surface area contributed by atoms with Gasteiger partial charge in [-0.15, -0.1) is 0 Å². The Morgan fingerprint density at radius 2 is 2.21 bits per heavy atom. The van der Waals surface area contributed by atoms with Crippen molar-refractivity contribution in [3.05, 3.63) is 35.1 Å². The molecule has 4 heteroatoms. The number of benzene rings is 1. The summed E-state index contributed by atoms with van der Waals surface area (Å²) in [5, 5.41) is 0. The fourth-order valence-electron chi connectivity index (χ4n) is 1.15. The molecule has 0 fully saturated rings. The average molecular weight is 195 g/mol. The average Bonchev–Trinajstić information content (AvgIpc) is 2.17. The van der Waals surface area contributed by atoms with Crippen molar-refractivity contribution in [2.45, 2.75) is 6.42 Å². The molecule has 1 rings (SSSR count). The van der Waals surface area contributed by atoms with E-state index in [1.165, 1.54) is 6.07 Å². The molecule has 0 heterocycles. The highest BCUT2D eigenvalue weighted by molar-refractivity contribution is 6.02. The molecule has 0 aliphatic heterocycles. The van der Waals surface area contributed by atoms with Gasteiger partial charge >= 0.3 is 0 Å². The van der Waals surface area contributed by atoms with E-state index in [1.807, 2.05) is 0 Å². The summed E-state index contributed by atoms with van der Waals surface area (Å²) >= 11 is 0. The fourth-order valence-corrected chi connectivity index (χ4v) is 1.15. The zero-order chi connectivity index (χ0) is 10.6. The molecule has 0 aromatic heterocycles. The number of ketones is 1. The van der Waals surface area contributed by atoms with Crippen molar-refractivity contribution in [3.8, 4) is 0 Å². The Morgan fingerprint density at radius 1 is 1.50 bits per heavy atom. The molecule has 1 aromatic carbocycles. The van der Waals surface area contributed by atoms with E-state index in [-0.39, 0.29) is 29.9 Å². The van der Waals surface area contributed by atoms with Crippen LogP contribution in [0.5, 0.6) is 0 Å². The molecule has 0 saturated carbocycles. The smallest absolute Gasteiger partial charge is 0.164 e. The SMILES string of the molecule is NCCC(=O)c1ccc(F)cc1C=O. The Labute approximate surface area is 80.7 Å². The van der Waals surface area contributed by atoms with Crippen LogP contribution < -0.4 is 5.73 Å². The third-order valence-electron chi connectivity index (χ3n) is 1.81. The summed E-state index contributed by atoms with van der Waals surface area (Å²) in [7, 11) is 0. The van der Waals surface area contributed by atoms with Gasteiger partial charge in [0.05, 0.1) is 0 Å². The van der Waals surface area contributed by atoms with E-state index >= 15 is 0 Å². The van der Waals surface area contributed by atoms with Crippen LogP contribution in [0.25, 0.3) is 0 Å². The number of nitrogens with two attached hydrogens (primary N) is 1. The van der Waals surface area contributed by atoms with Crippen molar-refractivity contribution in [1.82, 2.24) is 0 Å². The minimum Gasteiger partial charge on any atom is -0.330 e. The highest BCUT2D eigenvalue weighted by Crippen LogP contribution is 2.11. The van der Waals surface area contributed by atoms with Crippen LogP contribution in [-0.4, -0.2) is 18.6 Å². The predicted molar refractivity (Wildman–Crippen MR) is 49.8 cm³/mol. The van der Waals surface area contributed by atoms with Crippen molar-refractivity contribution in [2.24, 2.45) is 5.73 Å². The van der Waals surface area contributed by atoms with Crippen molar-refractivity contribution >= 4 is 12.1 Å². The van der Waals surface area contributed by atoms with Crippen LogP contribution in [0.15, 0.2) is 18.2 Å². The van der Waals surface area contributed by atoms with Crippen molar-refractivity contribution < 1.29 is 14.0 Å². The lowest BCUT2D eigenvalue weighted by Crippen LogP contribution is -2.10. The first-order chi connectivity index (χ1) is 6.69. The number of carbonyl (C=O) groups is 2. The summed E-state index contributed by atoms with van der Waals surface area (Å²) in [5.41, 5.74) is 5.51. The molecular formula is C10H10FNO2. The summed E-state index contributed by atoms with van der Waals surface area (Å²) in [6, 6.07) is 3.49. The van der Waals surface area contributed by atoms with Crippen LogP contribution in [0.2, 0.25) is 0 Å². The van der Waals surface area contributed by atoms with Crippen LogP contribution in [0.4, 0.5) is 4.39 Å². The lowest BCUT2D eigenvalue weighted by atomic mass is 10.0. The van der Waals surface area contributed by atoms with Gasteiger partial charge in [0.25, 0.3) is 0 Å². The second kappa shape index (κ2) is 4.62. The van der Waals surface area contributed by atoms with Gasteiger partial charge < -0.3 is 5.73 Å². The molecule has 0 unspecified atom stereocenters. The second-order valence-corrected chi connectivity index (χ2v) is 2.81.